The number of carbonyl (C=O) groups excluding carboxylic acids is 4. The number of nitrogens with two attached hydrogens (primary N) is 2. The summed E-state index contributed by atoms with van der Waals surface area (Å²) in [6, 6.07) is -0.688. The van der Waals surface area contributed by atoms with Crippen LogP contribution in [0.15, 0.2) is 11.3 Å². The van der Waals surface area contributed by atoms with E-state index in [4.69, 9.17) is 16.2 Å². The molecule has 1 aliphatic heterocycles. The Morgan fingerprint density at radius 3 is 2.58 bits per heavy atom. The maximum absolute atomic E-state index is 12.7. The van der Waals surface area contributed by atoms with Crippen LogP contribution in [0.2, 0.25) is 0 Å². The van der Waals surface area contributed by atoms with E-state index >= 15 is 0 Å². The van der Waals surface area contributed by atoms with Gasteiger partial charge in [-0.1, -0.05) is 0 Å². The van der Waals surface area contributed by atoms with Crippen LogP contribution in [0.3, 0.4) is 0 Å². The number of nitrogens with one attached hydrogen (secondary N) is 1. The number of aromatic nitrogens is 1. The Kier molecular flexibility index (Phi) is 4.07. The molecule has 0 spiro atoms. The first-order valence-corrected chi connectivity index (χ1v) is 7.83. The van der Waals surface area contributed by atoms with Crippen molar-refractivity contribution in [3.8, 4) is 0 Å². The van der Waals surface area contributed by atoms with Gasteiger partial charge in [0.1, 0.15) is 18.4 Å². The van der Waals surface area contributed by atoms with Gasteiger partial charge in [0.2, 0.25) is 17.5 Å². The van der Waals surface area contributed by atoms with Gasteiger partial charge in [0.15, 0.2) is 0 Å². The highest BCUT2D eigenvalue weighted by atomic mass is 16.5. The van der Waals surface area contributed by atoms with Crippen molar-refractivity contribution in [1.29, 1.82) is 0 Å². The van der Waals surface area contributed by atoms with E-state index in [-0.39, 0.29) is 46.2 Å². The van der Waals surface area contributed by atoms with Crippen LogP contribution in [0.5, 0.6) is 0 Å². The summed E-state index contributed by atoms with van der Waals surface area (Å²) in [6.45, 7) is 2.42. The van der Waals surface area contributed by atoms with Gasteiger partial charge in [-0.3, -0.25) is 14.4 Å². The molecule has 26 heavy (non-hydrogen) atoms. The molecule has 0 aromatic carbocycles. The third-order valence-corrected chi connectivity index (χ3v) is 4.63. The van der Waals surface area contributed by atoms with E-state index in [1.807, 2.05) is 0 Å². The minimum Gasteiger partial charge on any atom is -0.445 e. The second-order valence-electron chi connectivity index (χ2n) is 6.25. The van der Waals surface area contributed by atoms with E-state index in [0.717, 1.165) is 0 Å². The van der Waals surface area contributed by atoms with Gasteiger partial charge in [0.25, 0.3) is 0 Å². The number of allylic oxidation sites excluding steroid dienone is 2. The number of rotatable bonds is 3. The fourth-order valence-corrected chi connectivity index (χ4v) is 3.46. The largest absolute Gasteiger partial charge is 0.445 e. The molecular formula is C16H18N4O6. The number of aliphatic hydroxyl groups excluding tert-OH is 1. The van der Waals surface area contributed by atoms with Crippen molar-refractivity contribution in [2.24, 2.45) is 11.5 Å². The summed E-state index contributed by atoms with van der Waals surface area (Å²) in [5.74, 6) is -1.39. The topological polar surface area (TPSA) is 167 Å². The van der Waals surface area contributed by atoms with Gasteiger partial charge in [-0.05, 0) is 6.92 Å². The van der Waals surface area contributed by atoms with Crippen molar-refractivity contribution in [2.45, 2.75) is 39.1 Å². The second-order valence-corrected chi connectivity index (χ2v) is 6.25. The first kappa shape index (κ1) is 17.7. The zero-order valence-electron chi connectivity index (χ0n) is 14.2. The lowest BCUT2D eigenvalue weighted by atomic mass is 9.89. The molecular weight excluding hydrogens is 344 g/mol. The van der Waals surface area contributed by atoms with Crippen LogP contribution >= 0.6 is 0 Å². The lowest BCUT2D eigenvalue weighted by Crippen LogP contribution is -2.37. The minimum atomic E-state index is -1.20. The summed E-state index contributed by atoms with van der Waals surface area (Å²) >= 11 is 0. The van der Waals surface area contributed by atoms with Crippen molar-refractivity contribution < 1.29 is 29.0 Å². The van der Waals surface area contributed by atoms with Gasteiger partial charge in [-0.15, -0.1) is 0 Å². The van der Waals surface area contributed by atoms with E-state index in [9.17, 15) is 24.3 Å². The van der Waals surface area contributed by atoms with Crippen molar-refractivity contribution in [3.05, 3.63) is 33.8 Å². The zero-order chi connectivity index (χ0) is 19.3. The monoisotopic (exact) mass is 362 g/mol. The molecule has 6 N–H and O–H groups in total. The van der Waals surface area contributed by atoms with E-state index in [2.05, 4.69) is 5.32 Å². The number of fused-ring (bicyclic) bond motifs is 3. The molecule has 1 aromatic heterocycles. The van der Waals surface area contributed by atoms with Gasteiger partial charge in [0, 0.05) is 24.6 Å². The van der Waals surface area contributed by atoms with E-state index in [1.54, 1.807) is 0 Å². The van der Waals surface area contributed by atoms with Crippen molar-refractivity contribution in [3.63, 3.8) is 0 Å². The van der Waals surface area contributed by atoms with Crippen molar-refractivity contribution in [2.75, 3.05) is 0 Å². The SMILES string of the molecule is CC(=O)NC1Cn2c3c(c(COC(N)=O)c2C1O)C(=O)C(N)=C(C)C3=O. The molecule has 138 valence electrons. The molecule has 1 aromatic rings. The maximum Gasteiger partial charge on any atom is 0.404 e. The summed E-state index contributed by atoms with van der Waals surface area (Å²) in [4.78, 5) is 47.7. The van der Waals surface area contributed by atoms with Gasteiger partial charge in [-0.2, -0.15) is 0 Å². The number of carbonyl (C=O) groups is 4. The molecule has 1 aliphatic carbocycles. The predicted octanol–water partition coefficient (Wildman–Crippen LogP) is -0.753. The van der Waals surface area contributed by atoms with E-state index in [1.165, 1.54) is 18.4 Å². The number of Topliss-reactive ketones (excluding diaryl/α,β-unsaturated/α-hetero) is 2. The Morgan fingerprint density at radius 1 is 1.35 bits per heavy atom. The Hall–Kier alpha value is -3.14. The zero-order valence-corrected chi connectivity index (χ0v) is 14.2. The third-order valence-electron chi connectivity index (χ3n) is 4.63. The average molecular weight is 362 g/mol. The highest BCUT2D eigenvalue weighted by molar-refractivity contribution is 6.26. The first-order chi connectivity index (χ1) is 12.1. The summed E-state index contributed by atoms with van der Waals surface area (Å²) in [7, 11) is 0. The fraction of sp³-hybridized carbons (Fsp3) is 0.375. The highest BCUT2D eigenvalue weighted by Crippen LogP contribution is 2.39. The Balaban J connectivity index is 2.18. The maximum atomic E-state index is 12.7. The molecule has 3 rings (SSSR count). The Bertz CT molecular complexity index is 897. The fourth-order valence-electron chi connectivity index (χ4n) is 3.46. The summed E-state index contributed by atoms with van der Waals surface area (Å²) in [5.41, 5.74) is 11.1. The molecule has 2 heterocycles. The number of hydrogen-bond acceptors (Lipinski definition) is 7. The molecule has 0 saturated carbocycles. The van der Waals surface area contributed by atoms with Gasteiger partial charge < -0.3 is 31.2 Å². The Morgan fingerprint density at radius 2 is 2.00 bits per heavy atom. The summed E-state index contributed by atoms with van der Waals surface area (Å²) < 4.78 is 6.26. The van der Waals surface area contributed by atoms with Crippen LogP contribution in [0, 0.1) is 0 Å². The summed E-state index contributed by atoms with van der Waals surface area (Å²) in [6.07, 6.45) is -2.27. The molecule has 0 saturated heterocycles. The summed E-state index contributed by atoms with van der Waals surface area (Å²) in [5, 5.41) is 13.2. The number of ether oxygens (including phenoxy) is 1. The van der Waals surface area contributed by atoms with Crippen LogP contribution in [0.1, 0.15) is 52.1 Å². The number of ketones is 2. The average Bonchev–Trinajstić information content (AvgIpc) is 3.03. The van der Waals surface area contributed by atoms with Crippen LogP contribution < -0.4 is 16.8 Å². The van der Waals surface area contributed by atoms with Crippen LogP contribution in [0.4, 0.5) is 4.79 Å². The molecule has 0 fully saturated rings. The van der Waals surface area contributed by atoms with Crippen LogP contribution in [-0.2, 0) is 22.7 Å². The number of aliphatic hydroxyl groups is 1. The standard InChI is InChI=1S/C16H18N4O6/c1-5-10(17)15(24)9-7(4-26-16(18)25)11-14(23)8(19-6(2)21)3-20(11)12(9)13(5)22/h8,14,23H,3-4,17H2,1-2H3,(H2,18,25)(H,19,21). The molecule has 10 heteroatoms. The third kappa shape index (κ3) is 2.46. The number of primary amides is 1. The first-order valence-electron chi connectivity index (χ1n) is 7.83. The predicted molar refractivity (Wildman–Crippen MR) is 86.9 cm³/mol. The number of amides is 2. The highest BCUT2D eigenvalue weighted by Gasteiger charge is 2.44. The molecule has 2 aliphatic rings. The van der Waals surface area contributed by atoms with E-state index < -0.39 is 36.4 Å². The molecule has 2 unspecified atom stereocenters. The molecule has 2 atom stereocenters. The molecule has 0 radical (unpaired) electrons. The second kappa shape index (κ2) is 5.99. The van der Waals surface area contributed by atoms with Crippen molar-refractivity contribution in [1.82, 2.24) is 9.88 Å². The van der Waals surface area contributed by atoms with Crippen LogP contribution in [-0.4, -0.2) is 39.3 Å². The molecule has 10 nitrogen and oxygen atoms in total. The molecule has 2 amide bonds. The van der Waals surface area contributed by atoms with Gasteiger partial charge in [-0.25, -0.2) is 4.79 Å². The lowest BCUT2D eigenvalue weighted by Gasteiger charge is -2.19. The number of nitrogens with zero attached hydrogens (tertiary/aromatic N) is 1. The van der Waals surface area contributed by atoms with Crippen molar-refractivity contribution >= 4 is 23.6 Å². The van der Waals surface area contributed by atoms with Gasteiger partial charge >= 0.3 is 6.09 Å². The minimum absolute atomic E-state index is 0.00493. The smallest absolute Gasteiger partial charge is 0.404 e. The molecule has 0 bridgehead atoms. The Labute approximate surface area is 147 Å². The van der Waals surface area contributed by atoms with E-state index in [0.29, 0.717) is 0 Å². The normalized spacial score (nSPS) is 21.5. The quantitative estimate of drug-likeness (QED) is 0.548. The number of hydrogen-bond donors (Lipinski definition) is 4. The van der Waals surface area contributed by atoms with Crippen LogP contribution in [0.25, 0.3) is 0 Å². The lowest BCUT2D eigenvalue weighted by molar-refractivity contribution is -0.120. The van der Waals surface area contributed by atoms with Gasteiger partial charge in [0.05, 0.1) is 23.0 Å².